The molecule has 0 aliphatic heterocycles. The summed E-state index contributed by atoms with van der Waals surface area (Å²) in [7, 11) is 0. The van der Waals surface area contributed by atoms with Gasteiger partial charge in [0.1, 0.15) is 6.29 Å². The second kappa shape index (κ2) is 4.11. The highest BCUT2D eigenvalue weighted by Gasteiger charge is 2.38. The van der Waals surface area contributed by atoms with Crippen LogP contribution >= 0.6 is 0 Å². The Bertz CT molecular complexity index is 391. The zero-order valence-electron chi connectivity index (χ0n) is 8.34. The molecule has 1 aliphatic rings. The third-order valence-electron chi connectivity index (χ3n) is 2.40. The molecular weight excluding hydrogens is 225 g/mol. The van der Waals surface area contributed by atoms with Crippen molar-refractivity contribution in [2.45, 2.75) is 19.5 Å². The van der Waals surface area contributed by atoms with Crippen LogP contribution in [0.25, 0.3) is 0 Å². The van der Waals surface area contributed by atoms with E-state index in [2.05, 4.69) is 0 Å². The first-order chi connectivity index (χ1) is 7.27. The summed E-state index contributed by atoms with van der Waals surface area (Å²) in [5.41, 5.74) is -1.87. The molecule has 0 aromatic carbocycles. The van der Waals surface area contributed by atoms with Gasteiger partial charge in [-0.15, -0.1) is 0 Å². The second-order valence-corrected chi connectivity index (χ2v) is 3.56. The number of aldehydes is 1. The highest BCUT2D eigenvalue weighted by molar-refractivity contribution is 5.90. The van der Waals surface area contributed by atoms with E-state index in [4.69, 9.17) is 5.11 Å². The maximum atomic E-state index is 12.5. The number of carboxylic acids is 1. The summed E-state index contributed by atoms with van der Waals surface area (Å²) in [6.07, 6.45) is -4.22. The predicted molar refractivity (Wildman–Crippen MR) is 48.6 cm³/mol. The van der Waals surface area contributed by atoms with E-state index in [1.165, 1.54) is 6.92 Å². The molecule has 1 aliphatic carbocycles. The van der Waals surface area contributed by atoms with Crippen molar-refractivity contribution < 1.29 is 27.9 Å². The van der Waals surface area contributed by atoms with Gasteiger partial charge in [0.15, 0.2) is 0 Å². The number of halogens is 3. The van der Waals surface area contributed by atoms with E-state index in [1.807, 2.05) is 0 Å². The average Bonchev–Trinajstić information content (AvgIpc) is 2.14. The van der Waals surface area contributed by atoms with Crippen molar-refractivity contribution in [1.29, 1.82) is 0 Å². The Morgan fingerprint density at radius 2 is 2.12 bits per heavy atom. The van der Waals surface area contributed by atoms with Crippen LogP contribution in [0.1, 0.15) is 13.3 Å². The standard InChI is InChI=1S/C10H9F3O3/c1-5-2-6(4-14)8(10(11,12)13)3-7(5)9(15)16/h3-5H,2H2,1H3,(H,15,16). The molecular formula is C10H9F3O3. The molecule has 0 amide bonds. The molecule has 0 aromatic rings. The molecule has 1 rings (SSSR count). The van der Waals surface area contributed by atoms with Crippen LogP contribution in [-0.2, 0) is 9.59 Å². The maximum Gasteiger partial charge on any atom is 0.416 e. The van der Waals surface area contributed by atoms with Crippen molar-refractivity contribution in [3.63, 3.8) is 0 Å². The molecule has 16 heavy (non-hydrogen) atoms. The van der Waals surface area contributed by atoms with Crippen LogP contribution in [0.5, 0.6) is 0 Å². The molecule has 0 saturated heterocycles. The van der Waals surface area contributed by atoms with Gasteiger partial charge in [-0.05, 0) is 18.4 Å². The minimum absolute atomic E-state index is 0.133. The minimum Gasteiger partial charge on any atom is -0.478 e. The van der Waals surface area contributed by atoms with E-state index in [1.54, 1.807) is 0 Å². The lowest BCUT2D eigenvalue weighted by atomic mass is 9.85. The van der Waals surface area contributed by atoms with Gasteiger partial charge in [-0.2, -0.15) is 13.2 Å². The molecule has 0 saturated carbocycles. The predicted octanol–water partition coefficient (Wildman–Crippen LogP) is 2.10. The van der Waals surface area contributed by atoms with Gasteiger partial charge in [-0.1, -0.05) is 6.92 Å². The lowest BCUT2D eigenvalue weighted by Crippen LogP contribution is -2.22. The Hall–Kier alpha value is -1.59. The third-order valence-corrected chi connectivity index (χ3v) is 2.40. The molecule has 1 unspecified atom stereocenters. The van der Waals surface area contributed by atoms with Crippen molar-refractivity contribution >= 4 is 12.3 Å². The lowest BCUT2D eigenvalue weighted by molar-refractivity contribution is -0.133. The lowest BCUT2D eigenvalue weighted by Gasteiger charge is -2.22. The van der Waals surface area contributed by atoms with Crippen LogP contribution in [0.2, 0.25) is 0 Å². The van der Waals surface area contributed by atoms with Crippen molar-refractivity contribution in [2.24, 2.45) is 5.92 Å². The van der Waals surface area contributed by atoms with E-state index in [9.17, 15) is 22.8 Å². The van der Waals surface area contributed by atoms with Crippen LogP contribution in [0.3, 0.4) is 0 Å². The first-order valence-corrected chi connectivity index (χ1v) is 4.47. The largest absolute Gasteiger partial charge is 0.478 e. The number of carbonyl (C=O) groups is 2. The fourth-order valence-corrected chi connectivity index (χ4v) is 1.59. The number of aliphatic carboxylic acids is 1. The van der Waals surface area contributed by atoms with E-state index in [0.29, 0.717) is 6.08 Å². The fourth-order valence-electron chi connectivity index (χ4n) is 1.59. The Labute approximate surface area is 89.3 Å². The number of rotatable bonds is 2. The van der Waals surface area contributed by atoms with E-state index >= 15 is 0 Å². The Morgan fingerprint density at radius 3 is 2.50 bits per heavy atom. The average molecular weight is 234 g/mol. The molecule has 0 spiro atoms. The van der Waals surface area contributed by atoms with Crippen LogP contribution in [-0.4, -0.2) is 23.5 Å². The van der Waals surface area contributed by atoms with Gasteiger partial charge >= 0.3 is 12.1 Å². The highest BCUT2D eigenvalue weighted by Crippen LogP contribution is 2.37. The summed E-state index contributed by atoms with van der Waals surface area (Å²) in [5, 5.41) is 8.70. The quantitative estimate of drug-likeness (QED) is 0.744. The summed E-state index contributed by atoms with van der Waals surface area (Å²) >= 11 is 0. The smallest absolute Gasteiger partial charge is 0.416 e. The van der Waals surface area contributed by atoms with Gasteiger partial charge in [0.2, 0.25) is 0 Å². The van der Waals surface area contributed by atoms with Crippen molar-refractivity contribution in [1.82, 2.24) is 0 Å². The molecule has 0 heterocycles. The van der Waals surface area contributed by atoms with Crippen molar-refractivity contribution in [3.05, 3.63) is 22.8 Å². The summed E-state index contributed by atoms with van der Waals surface area (Å²) in [5.74, 6) is -1.98. The molecule has 3 nitrogen and oxygen atoms in total. The van der Waals surface area contributed by atoms with Gasteiger partial charge in [0.05, 0.1) is 5.57 Å². The molecule has 0 aromatic heterocycles. The van der Waals surface area contributed by atoms with Crippen LogP contribution in [0, 0.1) is 5.92 Å². The molecule has 1 atom stereocenters. The molecule has 0 fully saturated rings. The molecule has 0 radical (unpaired) electrons. The Kier molecular flexibility index (Phi) is 3.21. The Balaban J connectivity index is 3.29. The van der Waals surface area contributed by atoms with E-state index in [0.717, 1.165) is 0 Å². The van der Waals surface area contributed by atoms with Crippen LogP contribution in [0.4, 0.5) is 13.2 Å². The summed E-state index contributed by atoms with van der Waals surface area (Å²) in [6.45, 7) is 1.47. The zero-order chi connectivity index (χ0) is 12.5. The van der Waals surface area contributed by atoms with Gasteiger partial charge in [0, 0.05) is 11.1 Å². The molecule has 1 N–H and O–H groups in total. The zero-order valence-corrected chi connectivity index (χ0v) is 8.34. The number of hydrogen-bond acceptors (Lipinski definition) is 2. The normalized spacial score (nSPS) is 21.8. The Morgan fingerprint density at radius 1 is 1.56 bits per heavy atom. The first kappa shape index (κ1) is 12.5. The fraction of sp³-hybridized carbons (Fsp3) is 0.400. The highest BCUT2D eigenvalue weighted by atomic mass is 19.4. The van der Waals surface area contributed by atoms with E-state index in [-0.39, 0.29) is 18.3 Å². The minimum atomic E-state index is -4.70. The summed E-state index contributed by atoms with van der Waals surface area (Å²) < 4.78 is 37.5. The number of hydrogen-bond donors (Lipinski definition) is 1. The van der Waals surface area contributed by atoms with Crippen molar-refractivity contribution in [3.8, 4) is 0 Å². The first-order valence-electron chi connectivity index (χ1n) is 4.47. The number of allylic oxidation sites excluding steroid dienone is 3. The number of carboxylic acid groups (broad SMARTS) is 1. The molecule has 6 heteroatoms. The third kappa shape index (κ3) is 2.32. The van der Waals surface area contributed by atoms with E-state index < -0.39 is 29.2 Å². The SMILES string of the molecule is CC1CC(C=O)=C(C(F)(F)F)C=C1C(=O)O. The molecule has 0 bridgehead atoms. The van der Waals surface area contributed by atoms with Gasteiger partial charge < -0.3 is 5.11 Å². The van der Waals surface area contributed by atoms with Crippen LogP contribution in [0.15, 0.2) is 22.8 Å². The van der Waals surface area contributed by atoms with Crippen LogP contribution < -0.4 is 0 Å². The summed E-state index contributed by atoms with van der Waals surface area (Å²) in [4.78, 5) is 21.2. The van der Waals surface area contributed by atoms with Gasteiger partial charge in [0.25, 0.3) is 0 Å². The molecule has 88 valence electrons. The maximum absolute atomic E-state index is 12.5. The number of carbonyl (C=O) groups excluding carboxylic acids is 1. The summed E-state index contributed by atoms with van der Waals surface area (Å²) in [6, 6.07) is 0. The topological polar surface area (TPSA) is 54.4 Å². The number of alkyl halides is 3. The van der Waals surface area contributed by atoms with Gasteiger partial charge in [-0.3, -0.25) is 4.79 Å². The van der Waals surface area contributed by atoms with Gasteiger partial charge in [-0.25, -0.2) is 4.79 Å². The second-order valence-electron chi connectivity index (χ2n) is 3.56. The van der Waals surface area contributed by atoms with Crippen molar-refractivity contribution in [2.75, 3.05) is 0 Å². The monoisotopic (exact) mass is 234 g/mol.